The molecule has 1 atom stereocenters. The minimum Gasteiger partial charge on any atom is -0.479 e. The summed E-state index contributed by atoms with van der Waals surface area (Å²) in [7, 11) is 0. The highest BCUT2D eigenvalue weighted by atomic mass is 35.5. The van der Waals surface area contributed by atoms with Crippen LogP contribution in [0.2, 0.25) is 10.0 Å². The molecule has 0 fully saturated rings. The summed E-state index contributed by atoms with van der Waals surface area (Å²) in [5.74, 6) is -2.41. The van der Waals surface area contributed by atoms with Gasteiger partial charge >= 0.3 is 11.9 Å². The highest BCUT2D eigenvalue weighted by Crippen LogP contribution is 2.51. The number of hydrogen-bond acceptors (Lipinski definition) is 4. The zero-order valence-electron chi connectivity index (χ0n) is 13.5. The molecule has 1 aliphatic rings. The van der Waals surface area contributed by atoms with Gasteiger partial charge in [0.1, 0.15) is 0 Å². The molecule has 1 unspecified atom stereocenters. The van der Waals surface area contributed by atoms with Crippen molar-refractivity contribution in [2.45, 2.75) is 39.2 Å². The van der Waals surface area contributed by atoms with Crippen LogP contribution in [-0.4, -0.2) is 33.4 Å². The summed E-state index contributed by atoms with van der Waals surface area (Å²) in [5.41, 5.74) is -2.63. The Labute approximate surface area is 149 Å². The maximum atomic E-state index is 12.2. The summed E-state index contributed by atoms with van der Waals surface area (Å²) in [4.78, 5) is 24.0. The van der Waals surface area contributed by atoms with Crippen molar-refractivity contribution < 1.29 is 19.8 Å². The van der Waals surface area contributed by atoms with E-state index in [1.807, 2.05) is 0 Å². The third-order valence-electron chi connectivity index (χ3n) is 4.97. The molecule has 24 heavy (non-hydrogen) atoms. The third kappa shape index (κ3) is 2.36. The van der Waals surface area contributed by atoms with Gasteiger partial charge in [-0.25, -0.2) is 14.6 Å². The number of carboxylic acid groups (broad SMARTS) is 2. The number of halogens is 2. The summed E-state index contributed by atoms with van der Waals surface area (Å²) in [6.07, 6.45) is 0.609. The fourth-order valence-electron chi connectivity index (χ4n) is 3.49. The van der Waals surface area contributed by atoms with Crippen molar-refractivity contribution in [3.63, 3.8) is 0 Å². The van der Waals surface area contributed by atoms with Crippen molar-refractivity contribution in [1.29, 1.82) is 0 Å². The molecule has 6 nitrogen and oxygen atoms in total. The van der Waals surface area contributed by atoms with Gasteiger partial charge in [0.25, 0.3) is 0 Å². The van der Waals surface area contributed by atoms with Gasteiger partial charge in [-0.2, -0.15) is 5.10 Å². The maximum Gasteiger partial charge on any atom is 0.352 e. The Morgan fingerprint density at radius 2 is 1.79 bits per heavy atom. The number of benzene rings is 1. The van der Waals surface area contributed by atoms with Gasteiger partial charge < -0.3 is 10.2 Å². The van der Waals surface area contributed by atoms with Gasteiger partial charge in [0.15, 0.2) is 11.3 Å². The smallest absolute Gasteiger partial charge is 0.352 e. The lowest BCUT2D eigenvalue weighted by molar-refractivity contribution is -0.146. The Balaban J connectivity index is 2.79. The molecule has 1 aliphatic heterocycles. The first-order valence-corrected chi connectivity index (χ1v) is 8.22. The second kappa shape index (κ2) is 6.26. The van der Waals surface area contributed by atoms with Crippen LogP contribution in [0.15, 0.2) is 23.3 Å². The van der Waals surface area contributed by atoms with Gasteiger partial charge in [-0.05, 0) is 38.0 Å². The highest BCUT2D eigenvalue weighted by Gasteiger charge is 2.64. The van der Waals surface area contributed by atoms with E-state index < -0.39 is 22.9 Å². The van der Waals surface area contributed by atoms with E-state index >= 15 is 0 Å². The number of nitrogens with zero attached hydrogens (tertiary/aromatic N) is 2. The predicted molar refractivity (Wildman–Crippen MR) is 93.1 cm³/mol. The van der Waals surface area contributed by atoms with Crippen LogP contribution >= 0.6 is 23.2 Å². The van der Waals surface area contributed by atoms with E-state index in [9.17, 15) is 19.8 Å². The normalized spacial score (nSPS) is 22.4. The van der Waals surface area contributed by atoms with E-state index in [4.69, 9.17) is 23.2 Å². The number of rotatable bonds is 5. The van der Waals surface area contributed by atoms with E-state index in [2.05, 4.69) is 5.10 Å². The van der Waals surface area contributed by atoms with E-state index in [-0.39, 0.29) is 10.7 Å². The van der Waals surface area contributed by atoms with Crippen LogP contribution in [0.25, 0.3) is 0 Å². The summed E-state index contributed by atoms with van der Waals surface area (Å²) >= 11 is 12.1. The van der Waals surface area contributed by atoms with Crippen molar-refractivity contribution in [3.05, 3.63) is 28.2 Å². The molecule has 0 spiro atoms. The van der Waals surface area contributed by atoms with Crippen LogP contribution in [0, 0.1) is 5.41 Å². The first-order valence-electron chi connectivity index (χ1n) is 7.46. The third-order valence-corrected chi connectivity index (χ3v) is 5.51. The first kappa shape index (κ1) is 18.5. The Morgan fingerprint density at radius 3 is 2.21 bits per heavy atom. The molecular formula is C16H18Cl2N2O4. The summed E-state index contributed by atoms with van der Waals surface area (Å²) < 4.78 is 0. The molecule has 0 bridgehead atoms. The molecule has 0 saturated carbocycles. The van der Waals surface area contributed by atoms with Crippen LogP contribution in [0.1, 0.15) is 33.6 Å². The molecule has 0 radical (unpaired) electrons. The van der Waals surface area contributed by atoms with E-state index in [0.717, 1.165) is 0 Å². The maximum absolute atomic E-state index is 12.2. The average Bonchev–Trinajstić information content (AvgIpc) is 2.78. The van der Waals surface area contributed by atoms with Crippen LogP contribution in [0.4, 0.5) is 5.69 Å². The number of hydrogen-bond donors (Lipinski definition) is 2. The Kier molecular flexibility index (Phi) is 4.84. The molecule has 0 aromatic heterocycles. The molecule has 0 amide bonds. The van der Waals surface area contributed by atoms with Crippen LogP contribution in [0.3, 0.4) is 0 Å². The molecule has 130 valence electrons. The van der Waals surface area contributed by atoms with Gasteiger partial charge in [-0.1, -0.05) is 37.0 Å². The second-order valence-electron chi connectivity index (χ2n) is 5.83. The van der Waals surface area contributed by atoms with Crippen LogP contribution in [-0.2, 0) is 9.59 Å². The molecule has 2 N–H and O–H groups in total. The SMILES string of the molecule is CCC1(CC)C(C(=O)O)=NN(c2ccc(Cl)cc2Cl)C1(C)C(=O)O. The van der Waals surface area contributed by atoms with Crippen molar-refractivity contribution in [1.82, 2.24) is 0 Å². The Bertz CT molecular complexity index is 731. The monoisotopic (exact) mass is 372 g/mol. The molecule has 1 heterocycles. The molecular weight excluding hydrogens is 355 g/mol. The minimum atomic E-state index is -1.60. The lowest BCUT2D eigenvalue weighted by atomic mass is 9.64. The van der Waals surface area contributed by atoms with Gasteiger partial charge in [0.2, 0.25) is 0 Å². The quantitative estimate of drug-likeness (QED) is 0.817. The predicted octanol–water partition coefficient (Wildman–Crippen LogP) is 3.90. The Morgan fingerprint density at radius 1 is 1.21 bits per heavy atom. The van der Waals surface area contributed by atoms with Crippen molar-refractivity contribution in [2.24, 2.45) is 10.5 Å². The van der Waals surface area contributed by atoms with Gasteiger partial charge in [0.05, 0.1) is 16.1 Å². The lowest BCUT2D eigenvalue weighted by Crippen LogP contribution is -2.60. The number of carboxylic acids is 2. The van der Waals surface area contributed by atoms with Crippen molar-refractivity contribution in [3.8, 4) is 0 Å². The molecule has 1 aromatic rings. The molecule has 8 heteroatoms. The zero-order valence-corrected chi connectivity index (χ0v) is 15.0. The standard InChI is InChI=1S/C16H18Cl2N2O4/c1-4-16(5-2)12(13(21)22)19-20(15(16,3)14(23)24)11-7-6-9(17)8-10(11)18/h6-8H,4-5H2,1-3H3,(H,21,22)(H,23,24). The van der Waals surface area contributed by atoms with E-state index in [1.165, 1.54) is 24.1 Å². The lowest BCUT2D eigenvalue weighted by Gasteiger charge is -2.43. The molecule has 2 rings (SSSR count). The number of carbonyl (C=O) groups is 2. The average molecular weight is 373 g/mol. The van der Waals surface area contributed by atoms with Crippen LogP contribution in [0.5, 0.6) is 0 Å². The number of hydrazone groups is 1. The van der Waals surface area contributed by atoms with E-state index in [0.29, 0.717) is 23.6 Å². The Hall–Kier alpha value is -1.79. The number of anilines is 1. The van der Waals surface area contributed by atoms with Gasteiger partial charge in [-0.15, -0.1) is 0 Å². The van der Waals surface area contributed by atoms with Crippen molar-refractivity contribution >= 4 is 46.5 Å². The van der Waals surface area contributed by atoms with Gasteiger partial charge in [0, 0.05) is 5.02 Å². The minimum absolute atomic E-state index is 0.177. The fourth-order valence-corrected chi connectivity index (χ4v) is 3.98. The van der Waals surface area contributed by atoms with E-state index in [1.54, 1.807) is 19.9 Å². The summed E-state index contributed by atoms with van der Waals surface area (Å²) in [5, 5.41) is 25.5. The zero-order chi connectivity index (χ0) is 18.3. The van der Waals surface area contributed by atoms with Crippen molar-refractivity contribution in [2.75, 3.05) is 5.01 Å². The first-order chi connectivity index (χ1) is 11.2. The summed E-state index contributed by atoms with van der Waals surface area (Å²) in [6.45, 7) is 5.00. The fraction of sp³-hybridized carbons (Fsp3) is 0.438. The molecule has 0 saturated heterocycles. The number of aliphatic carboxylic acids is 2. The molecule has 0 aliphatic carbocycles. The summed E-state index contributed by atoms with van der Waals surface area (Å²) in [6, 6.07) is 4.56. The van der Waals surface area contributed by atoms with Gasteiger partial charge in [-0.3, -0.25) is 0 Å². The second-order valence-corrected chi connectivity index (χ2v) is 6.67. The topological polar surface area (TPSA) is 90.2 Å². The van der Waals surface area contributed by atoms with Crippen LogP contribution < -0.4 is 5.01 Å². The highest BCUT2D eigenvalue weighted by molar-refractivity contribution is 6.40. The largest absolute Gasteiger partial charge is 0.479 e. The molecule has 1 aromatic carbocycles.